The van der Waals surface area contributed by atoms with Gasteiger partial charge in [0.25, 0.3) is 5.91 Å². The highest BCUT2D eigenvalue weighted by atomic mass is 16.5. The third-order valence-electron chi connectivity index (χ3n) is 5.21. The van der Waals surface area contributed by atoms with Gasteiger partial charge in [-0.15, -0.1) is 0 Å². The Kier molecular flexibility index (Phi) is 6.46. The van der Waals surface area contributed by atoms with Crippen LogP contribution in [0.5, 0.6) is 5.75 Å². The Balaban J connectivity index is 1.70. The molecule has 5 nitrogen and oxygen atoms in total. The Labute approximate surface area is 186 Å². The molecule has 0 aliphatic heterocycles. The minimum Gasteiger partial charge on any atom is -0.483 e. The topological polar surface area (TPSA) is 60.3 Å². The van der Waals surface area contributed by atoms with Gasteiger partial charge in [-0.05, 0) is 22.3 Å². The van der Waals surface area contributed by atoms with Crippen molar-refractivity contribution in [2.24, 2.45) is 0 Å². The number of carbonyl (C=O) groups is 1. The monoisotopic (exact) mass is 424 g/mol. The van der Waals surface area contributed by atoms with Crippen molar-refractivity contribution in [2.75, 3.05) is 7.05 Å². The van der Waals surface area contributed by atoms with Crippen LogP contribution in [-0.4, -0.2) is 17.5 Å². The van der Waals surface area contributed by atoms with Crippen LogP contribution in [-0.2, 0) is 13.2 Å². The van der Waals surface area contributed by atoms with E-state index >= 15 is 0 Å². The van der Waals surface area contributed by atoms with Gasteiger partial charge in [0, 0.05) is 19.8 Å². The molecule has 3 aromatic carbocycles. The Morgan fingerprint density at radius 2 is 1.53 bits per heavy atom. The fourth-order valence-corrected chi connectivity index (χ4v) is 3.58. The van der Waals surface area contributed by atoms with E-state index in [4.69, 9.17) is 4.74 Å². The molecule has 4 aromatic rings. The molecule has 0 aliphatic rings. The lowest BCUT2D eigenvalue weighted by molar-refractivity contribution is 0.0960. The second kappa shape index (κ2) is 9.79. The number of amides is 1. The zero-order chi connectivity index (χ0) is 22.3. The first-order chi connectivity index (χ1) is 15.7. The summed E-state index contributed by atoms with van der Waals surface area (Å²) in [6, 6.07) is 27.8. The van der Waals surface area contributed by atoms with E-state index in [1.165, 1.54) is 7.05 Å². The van der Waals surface area contributed by atoms with Crippen molar-refractivity contribution in [3.63, 3.8) is 0 Å². The zero-order valence-electron chi connectivity index (χ0n) is 17.8. The average Bonchev–Trinajstić information content (AvgIpc) is 2.85. The van der Waals surface area contributed by atoms with Gasteiger partial charge in [0.05, 0.1) is 6.20 Å². The second-order valence-corrected chi connectivity index (χ2v) is 7.41. The quantitative estimate of drug-likeness (QED) is 0.475. The largest absolute Gasteiger partial charge is 0.483 e. The van der Waals surface area contributed by atoms with E-state index in [9.17, 15) is 9.59 Å². The molecule has 0 atom stereocenters. The predicted octanol–water partition coefficient (Wildman–Crippen LogP) is 4.50. The first-order valence-electron chi connectivity index (χ1n) is 10.4. The summed E-state index contributed by atoms with van der Waals surface area (Å²) >= 11 is 0. The number of hydrogen-bond acceptors (Lipinski definition) is 3. The van der Waals surface area contributed by atoms with Crippen molar-refractivity contribution >= 4 is 5.91 Å². The van der Waals surface area contributed by atoms with Crippen LogP contribution < -0.4 is 15.5 Å². The molecule has 0 aliphatic carbocycles. The summed E-state index contributed by atoms with van der Waals surface area (Å²) in [5.41, 5.74) is 3.84. The lowest BCUT2D eigenvalue weighted by atomic mass is 9.99. The number of benzene rings is 3. The van der Waals surface area contributed by atoms with Crippen molar-refractivity contribution in [3.8, 4) is 16.9 Å². The lowest BCUT2D eigenvalue weighted by Crippen LogP contribution is -2.27. The number of hydrogen-bond donors (Lipinski definition) is 1. The van der Waals surface area contributed by atoms with Gasteiger partial charge in [0.15, 0.2) is 5.75 Å². The number of aromatic nitrogens is 1. The first kappa shape index (κ1) is 21.1. The van der Waals surface area contributed by atoms with Crippen molar-refractivity contribution in [1.29, 1.82) is 0 Å². The SMILES string of the molecule is CNC(=O)c1cn(Cc2ccccc2-c2ccccc2)cc(OCc2ccccc2)c1=O. The molecule has 1 N–H and O–H groups in total. The van der Waals surface area contributed by atoms with Gasteiger partial charge in [0.1, 0.15) is 12.2 Å². The number of ether oxygens (including phenoxy) is 1. The van der Waals surface area contributed by atoms with Gasteiger partial charge in [-0.1, -0.05) is 84.9 Å². The highest BCUT2D eigenvalue weighted by Gasteiger charge is 2.16. The maximum atomic E-state index is 12.9. The Bertz CT molecular complexity index is 1270. The normalized spacial score (nSPS) is 10.5. The number of pyridine rings is 1. The molecule has 0 unspecified atom stereocenters. The summed E-state index contributed by atoms with van der Waals surface area (Å²) in [5, 5.41) is 2.54. The second-order valence-electron chi connectivity index (χ2n) is 7.41. The van der Waals surface area contributed by atoms with Crippen LogP contribution in [0.3, 0.4) is 0 Å². The van der Waals surface area contributed by atoms with Gasteiger partial charge in [-0.25, -0.2) is 0 Å². The van der Waals surface area contributed by atoms with Crippen LogP contribution in [0.4, 0.5) is 0 Å². The Hall–Kier alpha value is -4.12. The first-order valence-corrected chi connectivity index (χ1v) is 10.4. The zero-order valence-corrected chi connectivity index (χ0v) is 17.8. The molecule has 0 saturated carbocycles. The van der Waals surface area contributed by atoms with E-state index in [2.05, 4.69) is 23.5 Å². The van der Waals surface area contributed by atoms with Crippen molar-refractivity contribution in [3.05, 3.63) is 124 Å². The number of nitrogens with one attached hydrogen (secondary N) is 1. The summed E-state index contributed by atoms with van der Waals surface area (Å²) in [6.45, 7) is 0.727. The summed E-state index contributed by atoms with van der Waals surface area (Å²) in [7, 11) is 1.51. The van der Waals surface area contributed by atoms with E-state index in [0.29, 0.717) is 6.54 Å². The van der Waals surface area contributed by atoms with Crippen LogP contribution in [0.1, 0.15) is 21.5 Å². The minimum atomic E-state index is -0.440. The Morgan fingerprint density at radius 1 is 0.875 bits per heavy atom. The van der Waals surface area contributed by atoms with Crippen molar-refractivity contribution in [2.45, 2.75) is 13.2 Å². The molecule has 1 aromatic heterocycles. The summed E-state index contributed by atoms with van der Waals surface area (Å²) in [5.74, 6) is -0.294. The number of carbonyl (C=O) groups excluding carboxylic acids is 1. The molecule has 0 radical (unpaired) electrons. The minimum absolute atomic E-state index is 0.0512. The molecule has 0 bridgehead atoms. The standard InChI is InChI=1S/C27H24N2O3/c1-28-27(31)24-17-29(18-25(26(24)30)32-19-20-10-4-2-5-11-20)16-22-14-8-9-15-23(22)21-12-6-3-7-13-21/h2-15,17-18H,16,19H2,1H3,(H,28,31). The molecule has 0 fully saturated rings. The summed E-state index contributed by atoms with van der Waals surface area (Å²) < 4.78 is 7.67. The number of nitrogens with zero attached hydrogens (tertiary/aromatic N) is 1. The van der Waals surface area contributed by atoms with E-state index in [-0.39, 0.29) is 17.9 Å². The van der Waals surface area contributed by atoms with E-state index in [0.717, 1.165) is 22.3 Å². The molecule has 160 valence electrons. The van der Waals surface area contributed by atoms with Crippen LogP contribution in [0.25, 0.3) is 11.1 Å². The third-order valence-corrected chi connectivity index (χ3v) is 5.21. The molecule has 4 rings (SSSR count). The molecule has 1 amide bonds. The fourth-order valence-electron chi connectivity index (χ4n) is 3.58. The molecular formula is C27H24N2O3. The lowest BCUT2D eigenvalue weighted by Gasteiger charge is -2.15. The maximum Gasteiger partial charge on any atom is 0.256 e. The van der Waals surface area contributed by atoms with Gasteiger partial charge >= 0.3 is 0 Å². The van der Waals surface area contributed by atoms with E-state index < -0.39 is 11.3 Å². The molecule has 1 heterocycles. The fraction of sp³-hybridized carbons (Fsp3) is 0.111. The van der Waals surface area contributed by atoms with Gasteiger partial charge in [-0.3, -0.25) is 9.59 Å². The molecule has 5 heteroatoms. The molecule has 0 spiro atoms. The third kappa shape index (κ3) is 4.78. The van der Waals surface area contributed by atoms with E-state index in [1.54, 1.807) is 12.4 Å². The van der Waals surface area contributed by atoms with Crippen LogP contribution in [0.2, 0.25) is 0 Å². The predicted molar refractivity (Wildman–Crippen MR) is 126 cm³/mol. The summed E-state index contributed by atoms with van der Waals surface area (Å²) in [6.07, 6.45) is 3.25. The Morgan fingerprint density at radius 3 is 2.25 bits per heavy atom. The summed E-state index contributed by atoms with van der Waals surface area (Å²) in [4.78, 5) is 25.3. The average molecular weight is 425 g/mol. The smallest absolute Gasteiger partial charge is 0.256 e. The van der Waals surface area contributed by atoms with E-state index in [1.807, 2.05) is 71.3 Å². The van der Waals surface area contributed by atoms with Crippen molar-refractivity contribution in [1.82, 2.24) is 9.88 Å². The van der Waals surface area contributed by atoms with Crippen molar-refractivity contribution < 1.29 is 9.53 Å². The molecule has 32 heavy (non-hydrogen) atoms. The van der Waals surface area contributed by atoms with Crippen LogP contribution >= 0.6 is 0 Å². The van der Waals surface area contributed by atoms with Gasteiger partial charge in [-0.2, -0.15) is 0 Å². The maximum absolute atomic E-state index is 12.9. The highest BCUT2D eigenvalue weighted by molar-refractivity contribution is 5.93. The van der Waals surface area contributed by atoms with Crippen LogP contribution in [0, 0.1) is 0 Å². The van der Waals surface area contributed by atoms with Crippen LogP contribution in [0.15, 0.2) is 102 Å². The molecular weight excluding hydrogens is 400 g/mol. The highest BCUT2D eigenvalue weighted by Crippen LogP contribution is 2.24. The number of rotatable bonds is 7. The van der Waals surface area contributed by atoms with Gasteiger partial charge in [0.2, 0.25) is 5.43 Å². The molecule has 0 saturated heterocycles. The van der Waals surface area contributed by atoms with Gasteiger partial charge < -0.3 is 14.6 Å².